The Morgan fingerprint density at radius 2 is 2.00 bits per heavy atom. The molecule has 1 aromatic rings. The summed E-state index contributed by atoms with van der Waals surface area (Å²) in [6.45, 7) is 2.68. The molecule has 1 heterocycles. The van der Waals surface area contributed by atoms with Crippen LogP contribution in [0.3, 0.4) is 0 Å². The van der Waals surface area contributed by atoms with Crippen molar-refractivity contribution in [1.82, 2.24) is 0 Å². The van der Waals surface area contributed by atoms with Crippen molar-refractivity contribution in [2.24, 2.45) is 0 Å². The van der Waals surface area contributed by atoms with E-state index in [2.05, 4.69) is 4.72 Å². The minimum atomic E-state index is -3.27. The van der Waals surface area contributed by atoms with Crippen molar-refractivity contribution < 1.29 is 17.9 Å². The highest BCUT2D eigenvalue weighted by atomic mass is 32.2. The molecule has 1 N–H and O–H groups in total. The van der Waals surface area contributed by atoms with Gasteiger partial charge in [0.15, 0.2) is 0 Å². The summed E-state index contributed by atoms with van der Waals surface area (Å²) in [5.74, 6) is -0.0652. The fourth-order valence-electron chi connectivity index (χ4n) is 1.75. The average Bonchev–Trinajstić information content (AvgIpc) is 2.40. The number of nitrogens with zero attached hydrogens (tertiary/aromatic N) is 1. The van der Waals surface area contributed by atoms with Crippen LogP contribution in [0, 0.1) is 0 Å². The van der Waals surface area contributed by atoms with E-state index in [1.165, 1.54) is 0 Å². The van der Waals surface area contributed by atoms with Crippen LogP contribution in [0.1, 0.15) is 6.92 Å². The number of benzene rings is 1. The standard InChI is InChI=1S/C12H16N2O4S/c1-2-19(16,17)13-10-3-5-11(6-4-10)14-7-8-18-9-12(14)15/h3-6,13H,2,7-9H2,1H3. The first-order valence-electron chi connectivity index (χ1n) is 6.00. The van der Waals surface area contributed by atoms with E-state index in [0.717, 1.165) is 5.69 Å². The number of carbonyl (C=O) groups excluding carboxylic acids is 1. The molecule has 1 aliphatic rings. The number of nitrogens with one attached hydrogen (secondary N) is 1. The molecule has 0 aliphatic carbocycles. The molecule has 0 bridgehead atoms. The molecule has 0 unspecified atom stereocenters. The molecule has 1 amide bonds. The summed E-state index contributed by atoms with van der Waals surface area (Å²) in [6, 6.07) is 6.73. The third kappa shape index (κ3) is 3.45. The quantitative estimate of drug-likeness (QED) is 0.888. The summed E-state index contributed by atoms with van der Waals surface area (Å²) >= 11 is 0. The Morgan fingerprint density at radius 3 is 2.58 bits per heavy atom. The highest BCUT2D eigenvalue weighted by molar-refractivity contribution is 7.92. The van der Waals surface area contributed by atoms with Gasteiger partial charge in [-0.25, -0.2) is 8.42 Å². The summed E-state index contributed by atoms with van der Waals surface area (Å²) in [7, 11) is -3.27. The van der Waals surface area contributed by atoms with Crippen LogP contribution in [0.4, 0.5) is 11.4 Å². The third-order valence-electron chi connectivity index (χ3n) is 2.82. The van der Waals surface area contributed by atoms with Crippen LogP contribution in [-0.4, -0.2) is 39.8 Å². The van der Waals surface area contributed by atoms with Crippen LogP contribution in [0.2, 0.25) is 0 Å². The zero-order valence-electron chi connectivity index (χ0n) is 10.6. The highest BCUT2D eigenvalue weighted by Gasteiger charge is 2.20. The lowest BCUT2D eigenvalue weighted by atomic mass is 10.2. The van der Waals surface area contributed by atoms with Gasteiger partial charge in [-0.15, -0.1) is 0 Å². The van der Waals surface area contributed by atoms with E-state index in [4.69, 9.17) is 4.74 Å². The minimum Gasteiger partial charge on any atom is -0.370 e. The monoisotopic (exact) mass is 284 g/mol. The van der Waals surface area contributed by atoms with Gasteiger partial charge in [-0.05, 0) is 31.2 Å². The molecule has 1 aromatic carbocycles. The van der Waals surface area contributed by atoms with E-state index in [1.54, 1.807) is 36.1 Å². The van der Waals surface area contributed by atoms with E-state index in [1.807, 2.05) is 0 Å². The average molecular weight is 284 g/mol. The predicted molar refractivity (Wildman–Crippen MR) is 72.7 cm³/mol. The Hall–Kier alpha value is -1.60. The number of carbonyl (C=O) groups is 1. The topological polar surface area (TPSA) is 75.7 Å². The van der Waals surface area contributed by atoms with E-state index in [0.29, 0.717) is 18.8 Å². The number of hydrogen-bond donors (Lipinski definition) is 1. The molecule has 2 rings (SSSR count). The summed E-state index contributed by atoms with van der Waals surface area (Å²) in [4.78, 5) is 13.3. The SMILES string of the molecule is CCS(=O)(=O)Nc1ccc(N2CCOCC2=O)cc1. The zero-order chi connectivity index (χ0) is 13.9. The number of ether oxygens (including phenoxy) is 1. The summed E-state index contributed by atoms with van der Waals surface area (Å²) < 4.78 is 30.3. The molecule has 0 atom stereocenters. The molecule has 104 valence electrons. The highest BCUT2D eigenvalue weighted by Crippen LogP contribution is 2.20. The fraction of sp³-hybridized carbons (Fsp3) is 0.417. The van der Waals surface area contributed by atoms with Gasteiger partial charge in [-0.2, -0.15) is 0 Å². The Kier molecular flexibility index (Phi) is 4.06. The van der Waals surface area contributed by atoms with Gasteiger partial charge < -0.3 is 9.64 Å². The molecule has 0 spiro atoms. The molecule has 7 heteroatoms. The largest absolute Gasteiger partial charge is 0.370 e. The molecule has 1 aliphatic heterocycles. The second kappa shape index (κ2) is 5.58. The Labute approximate surface area is 112 Å². The lowest BCUT2D eigenvalue weighted by molar-refractivity contribution is -0.125. The second-order valence-corrected chi connectivity index (χ2v) is 6.16. The first-order chi connectivity index (χ1) is 9.02. The van der Waals surface area contributed by atoms with Crippen molar-refractivity contribution in [3.8, 4) is 0 Å². The number of amides is 1. The molecule has 0 aromatic heterocycles. The van der Waals surface area contributed by atoms with E-state index in [9.17, 15) is 13.2 Å². The van der Waals surface area contributed by atoms with Crippen LogP contribution < -0.4 is 9.62 Å². The van der Waals surface area contributed by atoms with Gasteiger partial charge in [0.2, 0.25) is 10.0 Å². The van der Waals surface area contributed by atoms with Crippen molar-refractivity contribution in [3.63, 3.8) is 0 Å². The van der Waals surface area contributed by atoms with Crippen molar-refractivity contribution >= 4 is 27.3 Å². The Morgan fingerprint density at radius 1 is 1.32 bits per heavy atom. The van der Waals surface area contributed by atoms with Gasteiger partial charge in [-0.1, -0.05) is 0 Å². The van der Waals surface area contributed by atoms with Crippen molar-refractivity contribution in [1.29, 1.82) is 0 Å². The second-order valence-electron chi connectivity index (χ2n) is 4.15. The van der Waals surface area contributed by atoms with Gasteiger partial charge in [0, 0.05) is 17.9 Å². The molecule has 19 heavy (non-hydrogen) atoms. The number of hydrogen-bond acceptors (Lipinski definition) is 4. The summed E-state index contributed by atoms with van der Waals surface area (Å²) in [5, 5.41) is 0. The molecular weight excluding hydrogens is 268 g/mol. The smallest absolute Gasteiger partial charge is 0.253 e. The lowest BCUT2D eigenvalue weighted by Crippen LogP contribution is -2.41. The molecule has 0 saturated carbocycles. The third-order valence-corrected chi connectivity index (χ3v) is 4.12. The minimum absolute atomic E-state index is 0.0245. The first kappa shape index (κ1) is 13.8. The number of sulfonamides is 1. The van der Waals surface area contributed by atoms with Gasteiger partial charge in [0.05, 0.1) is 12.4 Å². The maximum absolute atomic E-state index is 11.6. The molecule has 1 saturated heterocycles. The van der Waals surface area contributed by atoms with Crippen LogP contribution >= 0.6 is 0 Å². The summed E-state index contributed by atoms with van der Waals surface area (Å²) in [5.41, 5.74) is 1.24. The van der Waals surface area contributed by atoms with Crippen LogP contribution in [0.5, 0.6) is 0 Å². The van der Waals surface area contributed by atoms with Crippen LogP contribution in [0.15, 0.2) is 24.3 Å². The molecule has 1 fully saturated rings. The maximum Gasteiger partial charge on any atom is 0.253 e. The molecule has 6 nitrogen and oxygen atoms in total. The normalized spacial score (nSPS) is 16.5. The van der Waals surface area contributed by atoms with Gasteiger partial charge in [-0.3, -0.25) is 9.52 Å². The summed E-state index contributed by atoms with van der Waals surface area (Å²) in [6.07, 6.45) is 0. The van der Waals surface area contributed by atoms with E-state index >= 15 is 0 Å². The van der Waals surface area contributed by atoms with Crippen molar-refractivity contribution in [2.45, 2.75) is 6.92 Å². The molecular formula is C12H16N2O4S. The number of anilines is 2. The van der Waals surface area contributed by atoms with Crippen LogP contribution in [0.25, 0.3) is 0 Å². The molecule has 0 radical (unpaired) electrons. The van der Waals surface area contributed by atoms with Gasteiger partial charge >= 0.3 is 0 Å². The van der Waals surface area contributed by atoms with E-state index in [-0.39, 0.29) is 18.3 Å². The Bertz CT molecular complexity index is 554. The van der Waals surface area contributed by atoms with Crippen LogP contribution in [-0.2, 0) is 19.6 Å². The van der Waals surface area contributed by atoms with Crippen molar-refractivity contribution in [3.05, 3.63) is 24.3 Å². The first-order valence-corrected chi connectivity index (χ1v) is 7.66. The zero-order valence-corrected chi connectivity index (χ0v) is 11.4. The predicted octanol–water partition coefficient (Wildman–Crippen LogP) is 0.811. The van der Waals surface area contributed by atoms with Crippen molar-refractivity contribution in [2.75, 3.05) is 35.1 Å². The number of rotatable bonds is 4. The fourth-order valence-corrected chi connectivity index (χ4v) is 2.39. The maximum atomic E-state index is 11.6. The van der Waals surface area contributed by atoms with E-state index < -0.39 is 10.0 Å². The lowest BCUT2D eigenvalue weighted by Gasteiger charge is -2.26. The van der Waals surface area contributed by atoms with Gasteiger partial charge in [0.1, 0.15) is 6.61 Å². The van der Waals surface area contributed by atoms with Gasteiger partial charge in [0.25, 0.3) is 5.91 Å². The Balaban J connectivity index is 2.12. The number of morpholine rings is 1.